The summed E-state index contributed by atoms with van der Waals surface area (Å²) in [6.07, 6.45) is -3.44. The number of benzene rings is 2. The van der Waals surface area contributed by atoms with Crippen molar-refractivity contribution in [1.29, 1.82) is 0 Å². The van der Waals surface area contributed by atoms with Crippen molar-refractivity contribution in [3.63, 3.8) is 0 Å². The summed E-state index contributed by atoms with van der Waals surface area (Å²) in [7, 11) is 0. The van der Waals surface area contributed by atoms with Crippen LogP contribution in [0.4, 0.5) is 40.7 Å². The van der Waals surface area contributed by atoms with E-state index >= 15 is 0 Å². The second kappa shape index (κ2) is 7.12. The van der Waals surface area contributed by atoms with Crippen molar-refractivity contribution in [3.8, 4) is 0 Å². The molecule has 3 rings (SSSR count). The van der Waals surface area contributed by atoms with Gasteiger partial charge in [0, 0.05) is 10.7 Å². The van der Waals surface area contributed by atoms with E-state index in [9.17, 15) is 17.6 Å². The summed E-state index contributed by atoms with van der Waals surface area (Å²) < 4.78 is 52.6. The Morgan fingerprint density at radius 3 is 2.54 bits per heavy atom. The molecular formula is C16H10ClF4N5. The molecule has 0 saturated heterocycles. The summed E-state index contributed by atoms with van der Waals surface area (Å²) in [5.41, 5.74) is -0.811. The lowest BCUT2D eigenvalue weighted by Gasteiger charge is -2.14. The monoisotopic (exact) mass is 383 g/mol. The van der Waals surface area contributed by atoms with E-state index in [-0.39, 0.29) is 22.5 Å². The third-order valence-electron chi connectivity index (χ3n) is 3.19. The topological polar surface area (TPSA) is 62.7 Å². The van der Waals surface area contributed by atoms with Crippen LogP contribution in [0.5, 0.6) is 0 Å². The molecule has 0 fully saturated rings. The normalized spacial score (nSPS) is 11.3. The number of nitrogens with one attached hydrogen (secondary N) is 2. The van der Waals surface area contributed by atoms with Gasteiger partial charge in [-0.3, -0.25) is 0 Å². The van der Waals surface area contributed by atoms with E-state index in [1.54, 1.807) is 6.07 Å². The lowest BCUT2D eigenvalue weighted by atomic mass is 10.1. The first-order chi connectivity index (χ1) is 12.3. The van der Waals surface area contributed by atoms with E-state index in [2.05, 4.69) is 25.8 Å². The number of anilines is 4. The smallest absolute Gasteiger partial charge is 0.338 e. The first-order valence-corrected chi connectivity index (χ1v) is 7.55. The van der Waals surface area contributed by atoms with Gasteiger partial charge in [-0.1, -0.05) is 17.7 Å². The number of halogens is 5. The number of rotatable bonds is 4. The first-order valence-electron chi connectivity index (χ1n) is 7.17. The van der Waals surface area contributed by atoms with Gasteiger partial charge in [0.15, 0.2) is 5.82 Å². The van der Waals surface area contributed by atoms with Gasteiger partial charge in [-0.15, -0.1) is 5.10 Å². The lowest BCUT2D eigenvalue weighted by Crippen LogP contribution is -2.10. The zero-order chi connectivity index (χ0) is 18.7. The Labute approximate surface area is 150 Å². The van der Waals surface area contributed by atoms with Crippen LogP contribution >= 0.6 is 11.6 Å². The van der Waals surface area contributed by atoms with Crippen LogP contribution < -0.4 is 10.6 Å². The Hall–Kier alpha value is -2.94. The maximum atomic E-state index is 13.2. The van der Waals surface area contributed by atoms with Crippen LogP contribution in [0, 0.1) is 5.82 Å². The Bertz CT molecular complexity index is 933. The second-order valence-electron chi connectivity index (χ2n) is 5.11. The van der Waals surface area contributed by atoms with Crippen molar-refractivity contribution in [2.24, 2.45) is 0 Å². The van der Waals surface area contributed by atoms with Gasteiger partial charge in [0.25, 0.3) is 0 Å². The summed E-state index contributed by atoms with van der Waals surface area (Å²) in [5.74, 6) is -0.455. The molecule has 3 aromatic rings. The fraction of sp³-hybridized carbons (Fsp3) is 0.0625. The van der Waals surface area contributed by atoms with Crippen LogP contribution in [0.3, 0.4) is 0 Å². The third kappa shape index (κ3) is 4.37. The number of hydrogen-bond acceptors (Lipinski definition) is 5. The van der Waals surface area contributed by atoms with Crippen molar-refractivity contribution < 1.29 is 17.6 Å². The number of hydrogen-bond donors (Lipinski definition) is 2. The van der Waals surface area contributed by atoms with Crippen LogP contribution in [-0.4, -0.2) is 15.2 Å². The maximum Gasteiger partial charge on any atom is 0.418 e. The molecule has 134 valence electrons. The summed E-state index contributed by atoms with van der Waals surface area (Å²) in [6, 6.07) is 8.85. The molecule has 0 bridgehead atoms. The molecule has 5 nitrogen and oxygen atoms in total. The minimum absolute atomic E-state index is 0.0110. The van der Waals surface area contributed by atoms with Gasteiger partial charge in [0.1, 0.15) is 5.82 Å². The van der Waals surface area contributed by atoms with Crippen molar-refractivity contribution in [2.45, 2.75) is 6.18 Å². The fourth-order valence-corrected chi connectivity index (χ4v) is 2.28. The lowest BCUT2D eigenvalue weighted by molar-refractivity contribution is -0.136. The Morgan fingerprint density at radius 2 is 1.81 bits per heavy atom. The minimum atomic E-state index is -4.60. The molecule has 0 radical (unpaired) electrons. The van der Waals surface area contributed by atoms with Gasteiger partial charge in [-0.25, -0.2) is 4.39 Å². The molecule has 0 spiro atoms. The average molecular weight is 384 g/mol. The predicted octanol–water partition coefficient (Wildman–Crippen LogP) is 5.17. The van der Waals surface area contributed by atoms with Gasteiger partial charge in [-0.05, 0) is 36.4 Å². The molecular weight excluding hydrogens is 374 g/mol. The van der Waals surface area contributed by atoms with Crippen LogP contribution in [0.25, 0.3) is 0 Å². The average Bonchev–Trinajstić information content (AvgIpc) is 2.56. The standard InChI is InChI=1S/C16H10ClF4N5/c17-9-4-5-13(12(6-9)16(19,20)21)24-14-8-22-26-15(25-14)23-11-3-1-2-10(18)7-11/h1-8H,(H2,23,24,25,26). The van der Waals surface area contributed by atoms with Crippen molar-refractivity contribution in [3.05, 3.63) is 65.1 Å². The molecule has 0 unspecified atom stereocenters. The highest BCUT2D eigenvalue weighted by molar-refractivity contribution is 6.30. The van der Waals surface area contributed by atoms with Gasteiger partial charge >= 0.3 is 6.18 Å². The summed E-state index contributed by atoms with van der Waals surface area (Å²) in [4.78, 5) is 4.02. The molecule has 0 aliphatic carbocycles. The molecule has 2 aromatic carbocycles. The molecule has 0 aliphatic rings. The largest absolute Gasteiger partial charge is 0.418 e. The van der Waals surface area contributed by atoms with Crippen LogP contribution in [0.2, 0.25) is 5.02 Å². The van der Waals surface area contributed by atoms with Crippen LogP contribution in [0.1, 0.15) is 5.56 Å². The van der Waals surface area contributed by atoms with Gasteiger partial charge < -0.3 is 10.6 Å². The molecule has 0 amide bonds. The zero-order valence-electron chi connectivity index (χ0n) is 12.9. The zero-order valence-corrected chi connectivity index (χ0v) is 13.6. The van der Waals surface area contributed by atoms with Gasteiger partial charge in [-0.2, -0.15) is 23.3 Å². The molecule has 10 heteroatoms. The maximum absolute atomic E-state index is 13.2. The highest BCUT2D eigenvalue weighted by Gasteiger charge is 2.34. The van der Waals surface area contributed by atoms with Crippen LogP contribution in [0.15, 0.2) is 48.7 Å². The van der Waals surface area contributed by atoms with E-state index in [0.717, 1.165) is 12.3 Å². The first kappa shape index (κ1) is 17.9. The molecule has 0 saturated carbocycles. The van der Waals surface area contributed by atoms with Crippen molar-refractivity contribution in [2.75, 3.05) is 10.6 Å². The number of alkyl halides is 3. The van der Waals surface area contributed by atoms with Crippen molar-refractivity contribution in [1.82, 2.24) is 15.2 Å². The van der Waals surface area contributed by atoms with E-state index in [4.69, 9.17) is 11.6 Å². The second-order valence-corrected chi connectivity index (χ2v) is 5.55. The molecule has 26 heavy (non-hydrogen) atoms. The molecule has 0 atom stereocenters. The summed E-state index contributed by atoms with van der Waals surface area (Å²) >= 11 is 5.65. The predicted molar refractivity (Wildman–Crippen MR) is 89.2 cm³/mol. The van der Waals surface area contributed by atoms with Crippen molar-refractivity contribution >= 4 is 34.7 Å². The van der Waals surface area contributed by atoms with E-state index in [1.165, 1.54) is 30.3 Å². The molecule has 2 N–H and O–H groups in total. The number of nitrogens with zero attached hydrogens (tertiary/aromatic N) is 3. The number of aromatic nitrogens is 3. The summed E-state index contributed by atoms with van der Waals surface area (Å²) in [6.45, 7) is 0. The van der Waals surface area contributed by atoms with E-state index in [0.29, 0.717) is 5.69 Å². The third-order valence-corrected chi connectivity index (χ3v) is 3.42. The highest BCUT2D eigenvalue weighted by atomic mass is 35.5. The highest BCUT2D eigenvalue weighted by Crippen LogP contribution is 2.37. The van der Waals surface area contributed by atoms with Gasteiger partial charge in [0.05, 0.1) is 17.4 Å². The Morgan fingerprint density at radius 1 is 1.00 bits per heavy atom. The molecule has 1 aromatic heterocycles. The minimum Gasteiger partial charge on any atom is -0.338 e. The SMILES string of the molecule is Fc1cccc(Nc2nncc(Nc3ccc(Cl)cc3C(F)(F)F)n2)c1. The van der Waals surface area contributed by atoms with E-state index in [1.807, 2.05) is 0 Å². The molecule has 0 aliphatic heterocycles. The quantitative estimate of drug-likeness (QED) is 0.608. The fourth-order valence-electron chi connectivity index (χ4n) is 2.11. The van der Waals surface area contributed by atoms with Gasteiger partial charge in [0.2, 0.25) is 5.95 Å². The molecule has 1 heterocycles. The Balaban J connectivity index is 1.86. The van der Waals surface area contributed by atoms with E-state index < -0.39 is 17.6 Å². The Kier molecular flexibility index (Phi) is 4.90. The van der Waals surface area contributed by atoms with Crippen LogP contribution in [-0.2, 0) is 6.18 Å². The summed E-state index contributed by atoms with van der Waals surface area (Å²) in [5, 5.41) is 12.6.